The van der Waals surface area contributed by atoms with Crippen LogP contribution in [0, 0.1) is 0 Å². The summed E-state index contributed by atoms with van der Waals surface area (Å²) in [4.78, 5) is 0. The number of halogens is 1. The summed E-state index contributed by atoms with van der Waals surface area (Å²) in [7, 11) is 0. The van der Waals surface area contributed by atoms with Gasteiger partial charge < -0.3 is 5.73 Å². The van der Waals surface area contributed by atoms with Crippen LogP contribution in [-0.2, 0) is 0 Å². The zero-order valence-electron chi connectivity index (χ0n) is 7.10. The first-order valence-corrected chi connectivity index (χ1v) is 3.64. The molecule has 0 aliphatic carbocycles. The minimum Gasteiger partial charge on any atom is -0.331 e. The zero-order chi connectivity index (χ0) is 7.54. The topological polar surface area (TPSA) is 26.0 Å². The molecule has 0 atom stereocenters. The maximum atomic E-state index is 4.85. The predicted octanol–water partition coefficient (Wildman–Crippen LogP) is 2.75. The molecule has 0 aliphatic heterocycles. The van der Waals surface area contributed by atoms with E-state index < -0.39 is 0 Å². The number of rotatable bonds is 3. The lowest BCUT2D eigenvalue weighted by Gasteiger charge is -1.81. The molecule has 64 valence electrons. The second kappa shape index (κ2) is 23.0. The maximum absolute atomic E-state index is 4.85. The summed E-state index contributed by atoms with van der Waals surface area (Å²) in [5.74, 6) is 0. The molecule has 0 aromatic carbocycles. The van der Waals surface area contributed by atoms with Gasteiger partial charge in [-0.25, -0.2) is 0 Å². The van der Waals surface area contributed by atoms with Gasteiger partial charge in [-0.15, -0.1) is 19.0 Å². The summed E-state index contributed by atoms with van der Waals surface area (Å²) in [6.07, 6.45) is 5.72. The van der Waals surface area contributed by atoms with E-state index in [9.17, 15) is 0 Å². The third-order valence-corrected chi connectivity index (χ3v) is 0.762. The second-order valence-corrected chi connectivity index (χ2v) is 1.84. The van der Waals surface area contributed by atoms with E-state index >= 15 is 0 Å². The smallest absolute Gasteiger partial charge is 0.0106 e. The Hall–Kier alpha value is -0.0100. The fourth-order valence-corrected chi connectivity index (χ4v) is 0.348. The van der Waals surface area contributed by atoms with Crippen LogP contribution in [0.2, 0.25) is 0 Å². The Morgan fingerprint density at radius 1 is 1.40 bits per heavy atom. The molecular weight excluding hydrogens is 146 g/mol. The Balaban J connectivity index is -0.000000107. The van der Waals surface area contributed by atoms with Crippen molar-refractivity contribution in [1.29, 1.82) is 0 Å². The largest absolute Gasteiger partial charge is 0.331 e. The van der Waals surface area contributed by atoms with Crippen LogP contribution >= 0.6 is 12.4 Å². The molecule has 2 N–H and O–H groups in total. The van der Waals surface area contributed by atoms with E-state index in [4.69, 9.17) is 5.73 Å². The minimum atomic E-state index is 0. The van der Waals surface area contributed by atoms with Gasteiger partial charge in [0, 0.05) is 0 Å². The van der Waals surface area contributed by atoms with Gasteiger partial charge in [0.05, 0.1) is 0 Å². The van der Waals surface area contributed by atoms with Crippen molar-refractivity contribution in [3.8, 4) is 0 Å². The van der Waals surface area contributed by atoms with Crippen molar-refractivity contribution in [2.75, 3.05) is 6.54 Å². The lowest BCUT2D eigenvalue weighted by molar-refractivity contribution is 0.816. The van der Waals surface area contributed by atoms with E-state index in [0.29, 0.717) is 0 Å². The molecule has 0 aromatic rings. The van der Waals surface area contributed by atoms with E-state index in [0.717, 1.165) is 6.54 Å². The summed E-state index contributed by atoms with van der Waals surface area (Å²) in [6, 6.07) is 0. The monoisotopic (exact) mass is 165 g/mol. The van der Waals surface area contributed by atoms with Crippen molar-refractivity contribution in [3.05, 3.63) is 12.7 Å². The van der Waals surface area contributed by atoms with Gasteiger partial charge in [0.1, 0.15) is 0 Å². The van der Waals surface area contributed by atoms with E-state index in [2.05, 4.69) is 13.5 Å². The van der Waals surface area contributed by atoms with Crippen molar-refractivity contribution in [1.82, 2.24) is 0 Å². The van der Waals surface area contributed by atoms with Crippen LogP contribution in [0.5, 0.6) is 0 Å². The van der Waals surface area contributed by atoms with Gasteiger partial charge in [-0.3, -0.25) is 0 Å². The molecule has 10 heavy (non-hydrogen) atoms. The summed E-state index contributed by atoms with van der Waals surface area (Å²) in [5.41, 5.74) is 4.85. The van der Waals surface area contributed by atoms with Gasteiger partial charge in [0.25, 0.3) is 0 Å². The molecule has 2 heteroatoms. The van der Waals surface area contributed by atoms with Crippen LogP contribution in [0.4, 0.5) is 0 Å². The highest BCUT2D eigenvalue weighted by Crippen LogP contribution is 1.91. The molecule has 0 spiro atoms. The standard InChI is InChI=1S/C6H12.C2H7N.ClH/c1-3-5-6-4-2;1-2-3;/h3H,1,4-6H2,2H3;2-3H2,1H3;1H. The first kappa shape index (κ1) is 16.5. The van der Waals surface area contributed by atoms with Crippen LogP contribution in [0.3, 0.4) is 0 Å². The van der Waals surface area contributed by atoms with Gasteiger partial charge in [0.15, 0.2) is 0 Å². The van der Waals surface area contributed by atoms with Gasteiger partial charge in [-0.05, 0) is 13.0 Å². The molecule has 0 radical (unpaired) electrons. The molecule has 0 heterocycles. The molecule has 0 rings (SSSR count). The van der Waals surface area contributed by atoms with Gasteiger partial charge in [0.2, 0.25) is 0 Å². The number of nitrogens with two attached hydrogens (primary N) is 1. The highest BCUT2D eigenvalue weighted by Gasteiger charge is 1.71. The average Bonchev–Trinajstić information content (AvgIpc) is 1.86. The predicted molar refractivity (Wildman–Crippen MR) is 51.7 cm³/mol. The Morgan fingerprint density at radius 2 is 1.80 bits per heavy atom. The Morgan fingerprint density at radius 3 is 1.90 bits per heavy atom. The van der Waals surface area contributed by atoms with Gasteiger partial charge in [-0.1, -0.05) is 32.8 Å². The van der Waals surface area contributed by atoms with Gasteiger partial charge >= 0.3 is 0 Å². The molecule has 0 saturated carbocycles. The number of allylic oxidation sites excluding steroid dienone is 1. The molecule has 0 aliphatic rings. The van der Waals surface area contributed by atoms with E-state index in [1.807, 2.05) is 13.0 Å². The lowest BCUT2D eigenvalue weighted by atomic mass is 10.3. The fourth-order valence-electron chi connectivity index (χ4n) is 0.348. The first-order valence-electron chi connectivity index (χ1n) is 3.64. The van der Waals surface area contributed by atoms with Crippen LogP contribution in [0.1, 0.15) is 33.1 Å². The minimum absolute atomic E-state index is 0. The fraction of sp³-hybridized carbons (Fsp3) is 0.750. The van der Waals surface area contributed by atoms with Crippen LogP contribution in [0.15, 0.2) is 12.7 Å². The molecule has 1 nitrogen and oxygen atoms in total. The highest BCUT2D eigenvalue weighted by molar-refractivity contribution is 5.85. The zero-order valence-corrected chi connectivity index (χ0v) is 7.91. The van der Waals surface area contributed by atoms with Crippen LogP contribution in [-0.4, -0.2) is 6.54 Å². The van der Waals surface area contributed by atoms with Crippen molar-refractivity contribution in [2.45, 2.75) is 33.1 Å². The quantitative estimate of drug-likeness (QED) is 0.505. The van der Waals surface area contributed by atoms with Gasteiger partial charge in [-0.2, -0.15) is 0 Å². The molecule has 0 saturated heterocycles. The molecular formula is C8H20ClN. The molecule has 0 fully saturated rings. The second-order valence-electron chi connectivity index (χ2n) is 1.84. The molecule has 0 unspecified atom stereocenters. The van der Waals surface area contributed by atoms with Crippen molar-refractivity contribution < 1.29 is 0 Å². The number of unbranched alkanes of at least 4 members (excludes halogenated alkanes) is 2. The Labute approximate surface area is 71.1 Å². The summed E-state index contributed by atoms with van der Waals surface area (Å²) >= 11 is 0. The van der Waals surface area contributed by atoms with E-state index in [1.165, 1.54) is 19.3 Å². The Bertz CT molecular complexity index is 46.5. The average molecular weight is 166 g/mol. The summed E-state index contributed by atoms with van der Waals surface area (Å²) in [5, 5.41) is 0. The number of hydrogen-bond acceptors (Lipinski definition) is 1. The summed E-state index contributed by atoms with van der Waals surface area (Å²) in [6.45, 7) is 8.43. The van der Waals surface area contributed by atoms with E-state index in [-0.39, 0.29) is 12.4 Å². The summed E-state index contributed by atoms with van der Waals surface area (Å²) < 4.78 is 0. The molecule has 0 bridgehead atoms. The third-order valence-electron chi connectivity index (χ3n) is 0.762. The lowest BCUT2D eigenvalue weighted by Crippen LogP contribution is -1.87. The SMILES string of the molecule is C=CCCCC.CCN.Cl. The van der Waals surface area contributed by atoms with E-state index in [1.54, 1.807) is 0 Å². The van der Waals surface area contributed by atoms with Crippen molar-refractivity contribution in [2.24, 2.45) is 5.73 Å². The molecule has 0 amide bonds. The third kappa shape index (κ3) is 43.7. The van der Waals surface area contributed by atoms with Crippen LogP contribution < -0.4 is 5.73 Å². The number of hydrogen-bond donors (Lipinski definition) is 1. The Kier molecular flexibility index (Phi) is 38.1. The maximum Gasteiger partial charge on any atom is -0.0106 e. The van der Waals surface area contributed by atoms with Crippen molar-refractivity contribution >= 4 is 12.4 Å². The highest BCUT2D eigenvalue weighted by atomic mass is 35.5. The normalized spacial score (nSPS) is 6.70. The van der Waals surface area contributed by atoms with Crippen LogP contribution in [0.25, 0.3) is 0 Å². The first-order chi connectivity index (χ1) is 4.33. The molecule has 0 aromatic heterocycles. The van der Waals surface area contributed by atoms with Crippen molar-refractivity contribution in [3.63, 3.8) is 0 Å².